The maximum atomic E-state index is 13.6. The zero-order valence-electron chi connectivity index (χ0n) is 22.3. The third kappa shape index (κ3) is 8.55. The molecular weight excluding hydrogens is 563 g/mol. The first-order valence-electron chi connectivity index (χ1n) is 12.6. The van der Waals surface area contributed by atoms with Gasteiger partial charge in [0.25, 0.3) is 0 Å². The van der Waals surface area contributed by atoms with E-state index in [1.807, 2.05) is 6.92 Å². The van der Waals surface area contributed by atoms with E-state index in [4.69, 9.17) is 5.73 Å². The number of benzene rings is 2. The summed E-state index contributed by atoms with van der Waals surface area (Å²) in [6.07, 6.45) is -1.46. The molecule has 0 radical (unpaired) electrons. The van der Waals surface area contributed by atoms with E-state index in [1.165, 1.54) is 36.5 Å². The van der Waals surface area contributed by atoms with E-state index in [9.17, 15) is 31.5 Å². The number of hydrogen-bond donors (Lipinski definition) is 3. The van der Waals surface area contributed by atoms with Gasteiger partial charge in [0.05, 0.1) is 23.4 Å². The van der Waals surface area contributed by atoms with Crippen molar-refractivity contribution in [2.75, 3.05) is 26.2 Å². The van der Waals surface area contributed by atoms with Crippen molar-refractivity contribution in [1.29, 1.82) is 0 Å². The second kappa shape index (κ2) is 13.7. The molecule has 41 heavy (non-hydrogen) atoms. The van der Waals surface area contributed by atoms with Gasteiger partial charge in [0.1, 0.15) is 17.6 Å². The number of nitrogens with two attached hydrogens (primary N) is 1. The molecule has 2 aromatic carbocycles. The molecular formula is C27H32F3N5O5S. The smallest absolute Gasteiger partial charge is 0.406 e. The molecule has 1 fully saturated rings. The van der Waals surface area contributed by atoms with E-state index in [0.717, 1.165) is 28.4 Å². The van der Waals surface area contributed by atoms with Gasteiger partial charge in [-0.1, -0.05) is 37.8 Å². The lowest BCUT2D eigenvalue weighted by molar-refractivity contribution is -0.274. The predicted molar refractivity (Wildman–Crippen MR) is 147 cm³/mol. The van der Waals surface area contributed by atoms with Crippen LogP contribution in [0.1, 0.15) is 18.1 Å². The van der Waals surface area contributed by atoms with Gasteiger partial charge in [-0.15, -0.1) is 13.2 Å². The molecule has 4 N–H and O–H groups in total. The van der Waals surface area contributed by atoms with Crippen LogP contribution in [-0.2, 0) is 27.8 Å². The van der Waals surface area contributed by atoms with Gasteiger partial charge in [-0.3, -0.25) is 9.79 Å². The van der Waals surface area contributed by atoms with Crippen molar-refractivity contribution in [3.63, 3.8) is 0 Å². The number of hydrogen-bond acceptors (Lipinski definition) is 8. The number of aliphatic hydroxyl groups is 1. The predicted octanol–water partition coefficient (Wildman–Crippen LogP) is 2.52. The number of nitrogens with one attached hydrogen (secondary N) is 1. The third-order valence-corrected chi connectivity index (χ3v) is 8.24. The van der Waals surface area contributed by atoms with Crippen LogP contribution in [0.4, 0.5) is 13.2 Å². The lowest BCUT2D eigenvalue weighted by Gasteiger charge is -2.40. The van der Waals surface area contributed by atoms with Gasteiger partial charge in [0, 0.05) is 26.2 Å². The van der Waals surface area contributed by atoms with Crippen LogP contribution in [0.5, 0.6) is 5.75 Å². The van der Waals surface area contributed by atoms with E-state index in [1.54, 1.807) is 17.0 Å². The number of halogens is 3. The Hall–Kier alpha value is -3.88. The Morgan fingerprint density at radius 3 is 2.37 bits per heavy atom. The quantitative estimate of drug-likeness (QED) is 0.340. The fraction of sp³-hybridized carbons (Fsp3) is 0.333. The average Bonchev–Trinajstić information content (AvgIpc) is 2.96. The first-order valence-corrected chi connectivity index (χ1v) is 14.1. The Bertz CT molecular complexity index is 1380. The second-order valence-electron chi connectivity index (χ2n) is 9.02. The van der Waals surface area contributed by atoms with Gasteiger partial charge in [0.2, 0.25) is 15.9 Å². The summed E-state index contributed by atoms with van der Waals surface area (Å²) >= 11 is 0. The Balaban J connectivity index is 1.84. The minimum absolute atomic E-state index is 0.0351. The molecule has 1 aliphatic rings. The molecule has 0 aliphatic carbocycles. The maximum absolute atomic E-state index is 13.6. The lowest BCUT2D eigenvalue weighted by atomic mass is 10.1. The van der Waals surface area contributed by atoms with Crippen molar-refractivity contribution in [1.82, 2.24) is 14.5 Å². The molecule has 1 saturated heterocycles. The highest BCUT2D eigenvalue weighted by Crippen LogP contribution is 2.25. The summed E-state index contributed by atoms with van der Waals surface area (Å²) in [4.78, 5) is 19.1. The number of nitrogens with zero attached hydrogens (tertiary/aromatic N) is 3. The summed E-state index contributed by atoms with van der Waals surface area (Å²) in [6, 6.07) is 10.2. The number of piperazine rings is 1. The van der Waals surface area contributed by atoms with Crippen molar-refractivity contribution in [2.24, 2.45) is 10.7 Å². The average molecular weight is 596 g/mol. The molecule has 2 aromatic rings. The number of amides is 1. The number of ether oxygens (including phenoxy) is 1. The van der Waals surface area contributed by atoms with E-state index >= 15 is 0 Å². The molecule has 1 amide bonds. The van der Waals surface area contributed by atoms with E-state index < -0.39 is 34.1 Å². The van der Waals surface area contributed by atoms with Crippen molar-refractivity contribution >= 4 is 21.6 Å². The normalized spacial score (nSPS) is 17.3. The van der Waals surface area contributed by atoms with Crippen LogP contribution < -0.4 is 15.8 Å². The summed E-state index contributed by atoms with van der Waals surface area (Å²) < 4.78 is 69.5. The largest absolute Gasteiger partial charge is 0.573 e. The summed E-state index contributed by atoms with van der Waals surface area (Å²) in [5.41, 5.74) is 7.86. The Morgan fingerprint density at radius 1 is 1.17 bits per heavy atom. The van der Waals surface area contributed by atoms with Gasteiger partial charge >= 0.3 is 6.36 Å². The fourth-order valence-electron chi connectivity index (χ4n) is 4.04. The van der Waals surface area contributed by atoms with Gasteiger partial charge < -0.3 is 25.8 Å². The van der Waals surface area contributed by atoms with Gasteiger partial charge in [-0.05, 0) is 47.9 Å². The zero-order chi connectivity index (χ0) is 30.2. The van der Waals surface area contributed by atoms with Gasteiger partial charge in [-0.2, -0.15) is 4.31 Å². The van der Waals surface area contributed by atoms with Crippen molar-refractivity contribution in [3.8, 4) is 5.75 Å². The highest BCUT2D eigenvalue weighted by molar-refractivity contribution is 7.89. The summed E-state index contributed by atoms with van der Waals surface area (Å²) in [6.45, 7) is 5.06. The minimum Gasteiger partial charge on any atom is -0.406 e. The Labute approximate surface area is 236 Å². The van der Waals surface area contributed by atoms with Crippen molar-refractivity contribution < 1.29 is 36.2 Å². The molecule has 0 bridgehead atoms. The third-order valence-electron chi connectivity index (χ3n) is 6.32. The standard InChI is InChI=1S/C27H32F3N5O5S/c1-3-19-7-11-23(12-8-19)41(38,39)35-14-13-34(25(31)16-32-21(4-2)18-36)17-24(35)26(37)33-15-20-5-9-22(10-6-20)40-27(28,29)30/h4-12,16,24,36H,2-3,13-15,17-18,31H2,1H3,(H,33,37)/b25-16+,32-21?/t24-/m1/s1. The molecule has 0 unspecified atom stereocenters. The zero-order valence-corrected chi connectivity index (χ0v) is 23.2. The van der Waals surface area contributed by atoms with Crippen molar-refractivity contribution in [2.45, 2.75) is 37.2 Å². The highest BCUT2D eigenvalue weighted by Gasteiger charge is 2.40. The molecule has 0 spiro atoms. The maximum Gasteiger partial charge on any atom is 0.573 e. The van der Waals surface area contributed by atoms with Crippen LogP contribution in [-0.4, -0.2) is 73.0 Å². The number of aliphatic hydroxyl groups excluding tert-OH is 1. The fourth-order valence-corrected chi connectivity index (χ4v) is 5.61. The van der Waals surface area contributed by atoms with E-state index in [2.05, 4.69) is 21.6 Å². The molecule has 1 heterocycles. The van der Waals surface area contributed by atoms with Gasteiger partial charge in [0.15, 0.2) is 0 Å². The summed E-state index contributed by atoms with van der Waals surface area (Å²) in [5, 5.41) is 11.9. The molecule has 14 heteroatoms. The van der Waals surface area contributed by atoms with Crippen LogP contribution >= 0.6 is 0 Å². The number of alkyl halides is 3. The first-order chi connectivity index (χ1) is 19.4. The van der Waals surface area contributed by atoms with Crippen LogP contribution in [0.15, 0.2) is 83.1 Å². The topological polar surface area (TPSA) is 138 Å². The molecule has 1 atom stereocenters. The summed E-state index contributed by atoms with van der Waals surface area (Å²) in [7, 11) is -4.08. The summed E-state index contributed by atoms with van der Waals surface area (Å²) in [5.74, 6) is -0.884. The SMILES string of the molecule is C=CC(CO)=N/C=C(\N)N1CCN(S(=O)(=O)c2ccc(CC)cc2)[C@@H](C(=O)NCc2ccc(OC(F)(F)F)cc2)C1. The number of carbonyl (C=O) groups excluding carboxylic acids is 1. The first kappa shape index (κ1) is 31.6. The van der Waals surface area contributed by atoms with E-state index in [0.29, 0.717) is 5.56 Å². The highest BCUT2D eigenvalue weighted by atomic mass is 32.2. The second-order valence-corrected chi connectivity index (χ2v) is 10.9. The number of aliphatic imine (C=N–C) groups is 1. The molecule has 0 saturated carbocycles. The van der Waals surface area contributed by atoms with E-state index in [-0.39, 0.29) is 49.2 Å². The molecule has 222 valence electrons. The van der Waals surface area contributed by atoms with Crippen LogP contribution in [0, 0.1) is 0 Å². The number of carbonyl (C=O) groups is 1. The minimum atomic E-state index is -4.83. The number of rotatable bonds is 11. The van der Waals surface area contributed by atoms with Gasteiger partial charge in [-0.25, -0.2) is 8.42 Å². The molecule has 3 rings (SSSR count). The molecule has 0 aromatic heterocycles. The Morgan fingerprint density at radius 2 is 1.80 bits per heavy atom. The van der Waals surface area contributed by atoms with Crippen LogP contribution in [0.25, 0.3) is 0 Å². The van der Waals surface area contributed by atoms with Crippen LogP contribution in [0.3, 0.4) is 0 Å². The molecule has 1 aliphatic heterocycles. The van der Waals surface area contributed by atoms with Crippen molar-refractivity contribution in [3.05, 3.63) is 84.3 Å². The number of aryl methyl sites for hydroxylation is 1. The lowest BCUT2D eigenvalue weighted by Crippen LogP contribution is -2.60. The monoisotopic (exact) mass is 595 g/mol. The van der Waals surface area contributed by atoms with Crippen LogP contribution in [0.2, 0.25) is 0 Å². The Kier molecular flexibility index (Phi) is 10.5. The molecule has 10 nitrogen and oxygen atoms in total. The number of sulfonamides is 1.